The van der Waals surface area contributed by atoms with Crippen LogP contribution in [0.25, 0.3) is 0 Å². The first-order chi connectivity index (χ1) is 9.54. The molecule has 0 spiro atoms. The molecule has 0 radical (unpaired) electrons. The molecule has 2 heterocycles. The Morgan fingerprint density at radius 3 is 2.70 bits per heavy atom. The van der Waals surface area contributed by atoms with Crippen LogP contribution in [0.4, 0.5) is 0 Å². The second kappa shape index (κ2) is 6.02. The minimum absolute atomic E-state index is 0.483. The highest BCUT2D eigenvalue weighted by molar-refractivity contribution is 14.1. The van der Waals surface area contributed by atoms with Gasteiger partial charge in [0.1, 0.15) is 11.0 Å². The van der Waals surface area contributed by atoms with E-state index in [1.54, 1.807) is 0 Å². The van der Waals surface area contributed by atoms with Gasteiger partial charge >= 0.3 is 0 Å². The molecule has 0 N–H and O–H groups in total. The van der Waals surface area contributed by atoms with Crippen molar-refractivity contribution in [2.75, 3.05) is 33.7 Å². The van der Waals surface area contributed by atoms with Gasteiger partial charge in [-0.05, 0) is 49.5 Å². The fraction of sp³-hybridized carbons (Fsp3) is 0.714. The predicted molar refractivity (Wildman–Crippen MR) is 89.4 cm³/mol. The van der Waals surface area contributed by atoms with Gasteiger partial charge in [-0.15, -0.1) is 0 Å². The molecule has 1 atom stereocenters. The fourth-order valence-corrected chi connectivity index (χ4v) is 3.61. The molecule has 1 unspecified atom stereocenters. The van der Waals surface area contributed by atoms with E-state index >= 15 is 0 Å². The van der Waals surface area contributed by atoms with Crippen LogP contribution >= 0.6 is 34.2 Å². The Kier molecular flexibility index (Phi) is 4.50. The number of hydrogen-bond donors (Lipinski definition) is 0. The van der Waals surface area contributed by atoms with Crippen molar-refractivity contribution in [3.63, 3.8) is 0 Å². The Labute approximate surface area is 139 Å². The quantitative estimate of drug-likeness (QED) is 0.570. The van der Waals surface area contributed by atoms with Crippen LogP contribution in [0.15, 0.2) is 0 Å². The summed E-state index contributed by atoms with van der Waals surface area (Å²) in [4.78, 5) is 14.1. The van der Waals surface area contributed by atoms with Gasteiger partial charge < -0.3 is 9.80 Å². The molecular formula is C14H20ClIN4. The Bertz CT molecular complexity index is 506. The SMILES string of the molecule is CN1CCN(C)C(Cc2nc(Cl)c(I)c(C3CC3)n2)C1. The van der Waals surface area contributed by atoms with Gasteiger partial charge in [-0.1, -0.05) is 11.6 Å². The Morgan fingerprint density at radius 1 is 1.25 bits per heavy atom. The number of piperazine rings is 1. The van der Waals surface area contributed by atoms with Crippen molar-refractivity contribution in [3.05, 3.63) is 20.2 Å². The van der Waals surface area contributed by atoms with Crippen LogP contribution in [0.5, 0.6) is 0 Å². The number of halogens is 2. The van der Waals surface area contributed by atoms with Crippen LogP contribution < -0.4 is 0 Å². The van der Waals surface area contributed by atoms with Gasteiger partial charge in [-0.2, -0.15) is 0 Å². The second-order valence-electron chi connectivity index (χ2n) is 6.00. The molecular weight excluding hydrogens is 387 g/mol. The lowest BCUT2D eigenvalue weighted by Crippen LogP contribution is -2.51. The summed E-state index contributed by atoms with van der Waals surface area (Å²) < 4.78 is 1.05. The molecule has 110 valence electrons. The normalized spacial score (nSPS) is 25.1. The average molecular weight is 407 g/mol. The summed E-state index contributed by atoms with van der Waals surface area (Å²) in [6.07, 6.45) is 3.38. The van der Waals surface area contributed by atoms with Gasteiger partial charge in [0.25, 0.3) is 0 Å². The largest absolute Gasteiger partial charge is 0.304 e. The molecule has 1 aromatic heterocycles. The molecule has 2 fully saturated rings. The molecule has 0 bridgehead atoms. The summed E-state index contributed by atoms with van der Waals surface area (Å²) in [5.74, 6) is 1.53. The maximum Gasteiger partial charge on any atom is 0.146 e. The van der Waals surface area contributed by atoms with Crippen molar-refractivity contribution in [2.24, 2.45) is 0 Å². The van der Waals surface area contributed by atoms with Crippen molar-refractivity contribution < 1.29 is 0 Å². The molecule has 1 aromatic rings. The fourth-order valence-electron chi connectivity index (χ4n) is 2.73. The van der Waals surface area contributed by atoms with Gasteiger partial charge in [0.2, 0.25) is 0 Å². The van der Waals surface area contributed by atoms with Crippen molar-refractivity contribution >= 4 is 34.2 Å². The third-order valence-corrected chi connectivity index (χ3v) is 5.90. The molecule has 20 heavy (non-hydrogen) atoms. The summed E-state index contributed by atoms with van der Waals surface area (Å²) in [6.45, 7) is 3.31. The number of nitrogens with zero attached hydrogens (tertiary/aromatic N) is 4. The summed E-state index contributed by atoms with van der Waals surface area (Å²) in [5, 5.41) is 0.629. The van der Waals surface area contributed by atoms with Crippen LogP contribution in [0, 0.1) is 3.57 Å². The first-order valence-corrected chi connectivity index (χ1v) is 8.61. The van der Waals surface area contributed by atoms with Crippen molar-refractivity contribution in [2.45, 2.75) is 31.2 Å². The van der Waals surface area contributed by atoms with Gasteiger partial charge in [0.15, 0.2) is 0 Å². The monoisotopic (exact) mass is 406 g/mol. The maximum absolute atomic E-state index is 6.29. The summed E-state index contributed by atoms with van der Waals surface area (Å²) in [6, 6.07) is 0.483. The summed E-state index contributed by atoms with van der Waals surface area (Å²) >= 11 is 8.57. The molecule has 3 rings (SSSR count). The minimum atomic E-state index is 0.483. The van der Waals surface area contributed by atoms with Crippen LogP contribution in [0.2, 0.25) is 5.15 Å². The topological polar surface area (TPSA) is 32.3 Å². The van der Waals surface area contributed by atoms with Crippen molar-refractivity contribution in [3.8, 4) is 0 Å². The van der Waals surface area contributed by atoms with Crippen LogP contribution in [-0.2, 0) is 6.42 Å². The van der Waals surface area contributed by atoms with Gasteiger partial charge in [0, 0.05) is 38.0 Å². The van der Waals surface area contributed by atoms with E-state index in [0.717, 1.165) is 35.4 Å². The second-order valence-corrected chi connectivity index (χ2v) is 7.44. The first-order valence-electron chi connectivity index (χ1n) is 7.15. The number of rotatable bonds is 3. The molecule has 0 aromatic carbocycles. The highest BCUT2D eigenvalue weighted by atomic mass is 127. The lowest BCUT2D eigenvalue weighted by molar-refractivity contribution is 0.113. The van der Waals surface area contributed by atoms with Crippen molar-refractivity contribution in [1.82, 2.24) is 19.8 Å². The molecule has 2 aliphatic rings. The molecule has 1 aliphatic heterocycles. The summed E-state index contributed by atoms with van der Waals surface area (Å²) in [7, 11) is 4.37. The van der Waals surface area contributed by atoms with E-state index in [-0.39, 0.29) is 0 Å². The summed E-state index contributed by atoms with van der Waals surface area (Å²) in [5.41, 5.74) is 1.17. The van der Waals surface area contributed by atoms with Gasteiger partial charge in [-0.25, -0.2) is 9.97 Å². The third-order valence-electron chi connectivity index (χ3n) is 4.25. The molecule has 1 saturated carbocycles. The number of hydrogen-bond acceptors (Lipinski definition) is 4. The molecule has 1 aliphatic carbocycles. The van der Waals surface area contributed by atoms with Gasteiger partial charge in [0.05, 0.1) is 9.26 Å². The molecule has 6 heteroatoms. The Balaban J connectivity index is 1.79. The molecule has 0 amide bonds. The van der Waals surface area contributed by atoms with Crippen molar-refractivity contribution in [1.29, 1.82) is 0 Å². The van der Waals surface area contributed by atoms with E-state index in [4.69, 9.17) is 16.6 Å². The van der Waals surface area contributed by atoms with E-state index in [2.05, 4.69) is 51.5 Å². The lowest BCUT2D eigenvalue weighted by Gasteiger charge is -2.37. The van der Waals surface area contributed by atoms with E-state index in [9.17, 15) is 0 Å². The zero-order valence-corrected chi connectivity index (χ0v) is 14.9. The molecule has 1 saturated heterocycles. The smallest absolute Gasteiger partial charge is 0.146 e. The number of aromatic nitrogens is 2. The van der Waals surface area contributed by atoms with E-state index in [1.165, 1.54) is 18.5 Å². The zero-order chi connectivity index (χ0) is 14.3. The lowest BCUT2D eigenvalue weighted by atomic mass is 10.1. The van der Waals surface area contributed by atoms with E-state index in [1.807, 2.05) is 0 Å². The highest BCUT2D eigenvalue weighted by Gasteiger charge is 2.30. The van der Waals surface area contributed by atoms with E-state index < -0.39 is 0 Å². The van der Waals surface area contributed by atoms with Gasteiger partial charge in [-0.3, -0.25) is 0 Å². The highest BCUT2D eigenvalue weighted by Crippen LogP contribution is 2.42. The average Bonchev–Trinajstić information content (AvgIpc) is 3.22. The zero-order valence-electron chi connectivity index (χ0n) is 11.9. The van der Waals surface area contributed by atoms with E-state index in [0.29, 0.717) is 17.1 Å². The molecule has 4 nitrogen and oxygen atoms in total. The number of likely N-dealkylation sites (N-methyl/N-ethyl adjacent to an activating group) is 2. The third kappa shape index (κ3) is 3.26. The van der Waals surface area contributed by atoms with Crippen LogP contribution in [0.1, 0.15) is 30.3 Å². The van der Waals surface area contributed by atoms with Crippen LogP contribution in [-0.4, -0.2) is 59.5 Å². The maximum atomic E-state index is 6.29. The Hall–Kier alpha value is 0.0200. The van der Waals surface area contributed by atoms with Crippen LogP contribution in [0.3, 0.4) is 0 Å². The standard InChI is InChI=1S/C14H20ClIN4/c1-19-5-6-20(2)10(8-19)7-11-17-13(9-3-4-9)12(16)14(15)18-11/h9-10H,3-8H2,1-2H3. The Morgan fingerprint density at radius 2 is 2.00 bits per heavy atom. The minimum Gasteiger partial charge on any atom is -0.304 e. The first kappa shape index (κ1) is 14.9. The predicted octanol–water partition coefficient (Wildman–Crippen LogP) is 2.40.